The number of methoxy groups -OCH3 is 2. The number of benzene rings is 2. The molecule has 0 saturated heterocycles. The number of hydrogen-bond donors (Lipinski definition) is 1. The third-order valence-electron chi connectivity index (χ3n) is 4.74. The van der Waals surface area contributed by atoms with Gasteiger partial charge >= 0.3 is 0 Å². The summed E-state index contributed by atoms with van der Waals surface area (Å²) in [7, 11) is 5.06. The number of nitrogens with zero attached hydrogens (tertiary/aromatic N) is 1. The van der Waals surface area contributed by atoms with E-state index in [1.54, 1.807) is 20.3 Å². The van der Waals surface area contributed by atoms with E-state index >= 15 is 0 Å². The van der Waals surface area contributed by atoms with Crippen LogP contribution in [0.15, 0.2) is 30.3 Å². The number of ether oxygens (including phenoxy) is 3. The highest BCUT2D eigenvalue weighted by Crippen LogP contribution is 2.31. The van der Waals surface area contributed by atoms with E-state index < -0.39 is 0 Å². The van der Waals surface area contributed by atoms with Gasteiger partial charge in [-0.1, -0.05) is 17.7 Å². The Morgan fingerprint density at radius 2 is 1.83 bits per heavy atom. The van der Waals surface area contributed by atoms with Gasteiger partial charge in [-0.05, 0) is 57.1 Å². The second kappa shape index (κ2) is 10.4. The molecule has 1 atom stereocenters. The molecule has 0 unspecified atom stereocenters. The zero-order valence-electron chi connectivity index (χ0n) is 17.8. The first-order valence-electron chi connectivity index (χ1n) is 9.45. The van der Waals surface area contributed by atoms with Crippen LogP contribution in [-0.2, 0) is 11.3 Å². The Morgan fingerprint density at radius 3 is 2.45 bits per heavy atom. The minimum atomic E-state index is -0.367. The van der Waals surface area contributed by atoms with E-state index in [1.807, 2.05) is 57.0 Å². The lowest BCUT2D eigenvalue weighted by atomic mass is 10.1. The second-order valence-corrected chi connectivity index (χ2v) is 7.21. The molecular formula is C22H29ClN2O4. The lowest BCUT2D eigenvalue weighted by Crippen LogP contribution is -2.39. The first kappa shape index (κ1) is 22.8. The number of halogens is 1. The Kier molecular flexibility index (Phi) is 8.17. The predicted octanol–water partition coefficient (Wildman–Crippen LogP) is 4.52. The van der Waals surface area contributed by atoms with Gasteiger partial charge in [-0.15, -0.1) is 0 Å². The van der Waals surface area contributed by atoms with Crippen molar-refractivity contribution < 1.29 is 19.0 Å². The Labute approximate surface area is 177 Å². The number of carbonyl (C=O) groups is 1. The summed E-state index contributed by atoms with van der Waals surface area (Å²) in [5.41, 5.74) is 2.49. The lowest BCUT2D eigenvalue weighted by Gasteiger charge is -2.25. The molecule has 29 heavy (non-hydrogen) atoms. The molecule has 0 heterocycles. The zero-order valence-corrected chi connectivity index (χ0v) is 18.6. The Balaban J connectivity index is 2.09. The number of anilines is 1. The molecule has 0 spiro atoms. The molecule has 0 aliphatic carbocycles. The minimum Gasteiger partial charge on any atom is -0.495 e. The Morgan fingerprint density at radius 1 is 1.14 bits per heavy atom. The summed E-state index contributed by atoms with van der Waals surface area (Å²) in [5, 5.41) is 3.53. The highest BCUT2D eigenvalue weighted by molar-refractivity contribution is 6.31. The highest BCUT2D eigenvalue weighted by atomic mass is 35.5. The Hall–Kier alpha value is -2.44. The fraction of sp³-hybridized carbons (Fsp3) is 0.409. The minimum absolute atomic E-state index is 0.134. The van der Waals surface area contributed by atoms with Crippen LogP contribution in [0.4, 0.5) is 5.69 Å². The van der Waals surface area contributed by atoms with Crippen LogP contribution >= 0.6 is 11.6 Å². The van der Waals surface area contributed by atoms with E-state index in [-0.39, 0.29) is 11.9 Å². The first-order valence-corrected chi connectivity index (χ1v) is 9.83. The highest BCUT2D eigenvalue weighted by Gasteiger charge is 2.20. The standard InChI is InChI=1S/C22H29ClN2O4/c1-7-29-19-9-8-16(11-21(19)28-6)13-25(4)15(3)22(26)24-18-10-14(2)17(23)12-20(18)27-5/h8-12,15H,7,13H2,1-6H3,(H,24,26)/t15-/m1/s1. The number of hydrogen-bond acceptors (Lipinski definition) is 5. The molecule has 2 aromatic carbocycles. The van der Waals surface area contributed by atoms with Gasteiger partial charge in [0, 0.05) is 17.6 Å². The average molecular weight is 421 g/mol. The van der Waals surface area contributed by atoms with Crippen LogP contribution in [0.25, 0.3) is 0 Å². The zero-order chi connectivity index (χ0) is 21.6. The summed E-state index contributed by atoms with van der Waals surface area (Å²) >= 11 is 6.14. The maximum absolute atomic E-state index is 12.8. The van der Waals surface area contributed by atoms with E-state index in [0.29, 0.717) is 41.1 Å². The number of rotatable bonds is 9. The smallest absolute Gasteiger partial charge is 0.241 e. The summed E-state index contributed by atoms with van der Waals surface area (Å²) in [6.07, 6.45) is 0. The van der Waals surface area contributed by atoms with Gasteiger partial charge in [-0.3, -0.25) is 9.69 Å². The van der Waals surface area contributed by atoms with Crippen LogP contribution in [0.2, 0.25) is 5.02 Å². The van der Waals surface area contributed by atoms with Crippen molar-refractivity contribution in [2.24, 2.45) is 0 Å². The maximum Gasteiger partial charge on any atom is 0.241 e. The molecular weight excluding hydrogens is 392 g/mol. The third-order valence-corrected chi connectivity index (χ3v) is 5.15. The topological polar surface area (TPSA) is 60.0 Å². The van der Waals surface area contributed by atoms with Crippen LogP contribution in [0.1, 0.15) is 25.0 Å². The molecule has 6 nitrogen and oxygen atoms in total. The van der Waals surface area contributed by atoms with E-state index in [9.17, 15) is 4.79 Å². The number of carbonyl (C=O) groups excluding carboxylic acids is 1. The molecule has 1 amide bonds. The predicted molar refractivity (Wildman–Crippen MR) is 116 cm³/mol. The van der Waals surface area contributed by atoms with Crippen LogP contribution in [0, 0.1) is 6.92 Å². The average Bonchev–Trinajstić information content (AvgIpc) is 2.70. The summed E-state index contributed by atoms with van der Waals surface area (Å²) in [6.45, 7) is 6.82. The number of amides is 1. The van der Waals surface area contributed by atoms with Gasteiger partial charge in [0.05, 0.1) is 32.6 Å². The van der Waals surface area contributed by atoms with Gasteiger partial charge in [0.25, 0.3) is 0 Å². The molecule has 0 saturated carbocycles. The van der Waals surface area contributed by atoms with Crippen LogP contribution in [0.5, 0.6) is 17.2 Å². The lowest BCUT2D eigenvalue weighted by molar-refractivity contribution is -0.120. The van der Waals surface area contributed by atoms with Crippen LogP contribution < -0.4 is 19.5 Å². The summed E-state index contributed by atoms with van der Waals surface area (Å²) in [5.74, 6) is 1.78. The third kappa shape index (κ3) is 5.78. The fourth-order valence-electron chi connectivity index (χ4n) is 2.88. The van der Waals surface area contributed by atoms with Crippen molar-refractivity contribution in [1.82, 2.24) is 4.90 Å². The first-order chi connectivity index (χ1) is 13.8. The van der Waals surface area contributed by atoms with E-state index in [4.69, 9.17) is 25.8 Å². The quantitative estimate of drug-likeness (QED) is 0.646. The van der Waals surface area contributed by atoms with Crippen LogP contribution in [-0.4, -0.2) is 44.7 Å². The molecule has 0 bridgehead atoms. The van der Waals surface area contributed by atoms with Crippen molar-refractivity contribution in [2.45, 2.75) is 33.4 Å². The fourth-order valence-corrected chi connectivity index (χ4v) is 3.03. The molecule has 2 aromatic rings. The van der Waals surface area contributed by atoms with Gasteiger partial charge in [0.15, 0.2) is 11.5 Å². The summed E-state index contributed by atoms with van der Waals surface area (Å²) < 4.78 is 16.3. The van der Waals surface area contributed by atoms with Gasteiger partial charge in [-0.2, -0.15) is 0 Å². The summed E-state index contributed by atoms with van der Waals surface area (Å²) in [6, 6.07) is 8.93. The van der Waals surface area contributed by atoms with Crippen molar-refractivity contribution in [3.8, 4) is 17.2 Å². The molecule has 158 valence electrons. The number of nitrogens with one attached hydrogen (secondary N) is 1. The van der Waals surface area contributed by atoms with Crippen molar-refractivity contribution in [3.05, 3.63) is 46.5 Å². The van der Waals surface area contributed by atoms with Crippen molar-refractivity contribution in [3.63, 3.8) is 0 Å². The molecule has 0 aromatic heterocycles. The molecule has 7 heteroatoms. The van der Waals surface area contributed by atoms with Gasteiger partial charge in [0.1, 0.15) is 5.75 Å². The number of likely N-dealkylation sites (N-methyl/N-ethyl adjacent to an activating group) is 1. The Bertz CT molecular complexity index is 857. The van der Waals surface area contributed by atoms with Gasteiger partial charge in [0.2, 0.25) is 5.91 Å². The molecule has 0 aliphatic rings. The van der Waals surface area contributed by atoms with Crippen LogP contribution in [0.3, 0.4) is 0 Å². The summed E-state index contributed by atoms with van der Waals surface area (Å²) in [4.78, 5) is 14.7. The van der Waals surface area contributed by atoms with Gasteiger partial charge < -0.3 is 19.5 Å². The van der Waals surface area contributed by atoms with E-state index in [1.165, 1.54) is 0 Å². The normalized spacial score (nSPS) is 11.9. The number of aryl methyl sites for hydroxylation is 1. The van der Waals surface area contributed by atoms with E-state index in [2.05, 4.69) is 5.32 Å². The largest absolute Gasteiger partial charge is 0.495 e. The monoisotopic (exact) mass is 420 g/mol. The molecule has 0 aliphatic heterocycles. The molecule has 2 rings (SSSR count). The maximum atomic E-state index is 12.8. The van der Waals surface area contributed by atoms with E-state index in [0.717, 1.165) is 11.1 Å². The SMILES string of the molecule is CCOc1ccc(CN(C)[C@H](C)C(=O)Nc2cc(C)c(Cl)cc2OC)cc1OC. The molecule has 0 radical (unpaired) electrons. The van der Waals surface area contributed by atoms with Crippen molar-refractivity contribution >= 4 is 23.2 Å². The second-order valence-electron chi connectivity index (χ2n) is 6.80. The van der Waals surface area contributed by atoms with Crippen molar-refractivity contribution in [2.75, 3.05) is 33.2 Å². The molecule has 0 fully saturated rings. The van der Waals surface area contributed by atoms with Crippen molar-refractivity contribution in [1.29, 1.82) is 0 Å². The van der Waals surface area contributed by atoms with Gasteiger partial charge in [-0.25, -0.2) is 0 Å². The molecule has 1 N–H and O–H groups in total.